The average Bonchev–Trinajstić information content (AvgIpc) is 2.48. The minimum Gasteiger partial charge on any atom is -0.494 e. The molecule has 22 heavy (non-hydrogen) atoms. The first-order chi connectivity index (χ1) is 10.6. The van der Waals surface area contributed by atoms with Gasteiger partial charge in [-0.05, 0) is 51.4 Å². The van der Waals surface area contributed by atoms with Crippen molar-refractivity contribution in [2.75, 3.05) is 13.2 Å². The number of hydrogen-bond acceptors (Lipinski definition) is 3. The van der Waals surface area contributed by atoms with Crippen molar-refractivity contribution >= 4 is 0 Å². The van der Waals surface area contributed by atoms with Gasteiger partial charge in [0.1, 0.15) is 17.1 Å². The molecule has 3 nitrogen and oxygen atoms in total. The zero-order chi connectivity index (χ0) is 16.0. The topological polar surface area (TPSA) is 30.5 Å². The Bertz CT molecular complexity index is 471. The molecule has 0 aliphatic carbocycles. The van der Waals surface area contributed by atoms with Gasteiger partial charge in [-0.15, -0.1) is 0 Å². The number of rotatable bonds is 8. The predicted molar refractivity (Wildman–Crippen MR) is 91.8 cm³/mol. The minimum absolute atomic E-state index is 0.124. The van der Waals surface area contributed by atoms with E-state index in [0.717, 1.165) is 37.5 Å². The number of nitrogens with one attached hydrogen (secondary N) is 1. The number of ether oxygens (including phenoxy) is 2. The van der Waals surface area contributed by atoms with Crippen molar-refractivity contribution < 1.29 is 9.47 Å². The van der Waals surface area contributed by atoms with Crippen molar-refractivity contribution in [2.24, 2.45) is 0 Å². The average molecular weight is 305 g/mol. The lowest BCUT2D eigenvalue weighted by molar-refractivity contribution is 0.0658. The van der Waals surface area contributed by atoms with Gasteiger partial charge in [0.2, 0.25) is 0 Å². The Morgan fingerprint density at radius 1 is 1.23 bits per heavy atom. The molecule has 1 aliphatic heterocycles. The van der Waals surface area contributed by atoms with E-state index in [9.17, 15) is 0 Å². The van der Waals surface area contributed by atoms with Crippen LogP contribution in [0.2, 0.25) is 0 Å². The van der Waals surface area contributed by atoms with Crippen LogP contribution in [0.4, 0.5) is 0 Å². The maximum atomic E-state index is 6.14. The van der Waals surface area contributed by atoms with Crippen LogP contribution in [0.5, 0.6) is 11.5 Å². The first-order valence-corrected chi connectivity index (χ1v) is 8.75. The van der Waals surface area contributed by atoms with Gasteiger partial charge in [0.15, 0.2) is 0 Å². The molecule has 0 spiro atoms. The number of hydrogen-bond donors (Lipinski definition) is 1. The van der Waals surface area contributed by atoms with Crippen molar-refractivity contribution in [3.63, 3.8) is 0 Å². The van der Waals surface area contributed by atoms with Crippen molar-refractivity contribution in [3.05, 3.63) is 23.8 Å². The van der Waals surface area contributed by atoms with E-state index in [-0.39, 0.29) is 5.60 Å². The Kier molecular flexibility index (Phi) is 6.13. The first kappa shape index (κ1) is 17.1. The Hall–Kier alpha value is -1.22. The van der Waals surface area contributed by atoms with Crippen molar-refractivity contribution in [3.8, 4) is 11.5 Å². The van der Waals surface area contributed by atoms with Crippen molar-refractivity contribution in [2.45, 2.75) is 71.4 Å². The second-order valence-electron chi connectivity index (χ2n) is 6.83. The van der Waals surface area contributed by atoms with Gasteiger partial charge in [-0.1, -0.05) is 26.7 Å². The fourth-order valence-electron chi connectivity index (χ4n) is 2.98. The van der Waals surface area contributed by atoms with Crippen LogP contribution in [-0.2, 0) is 0 Å². The monoisotopic (exact) mass is 305 g/mol. The van der Waals surface area contributed by atoms with Crippen LogP contribution in [0.25, 0.3) is 0 Å². The summed E-state index contributed by atoms with van der Waals surface area (Å²) in [6.07, 6.45) is 5.79. The van der Waals surface area contributed by atoms with E-state index >= 15 is 0 Å². The van der Waals surface area contributed by atoms with Gasteiger partial charge in [0.25, 0.3) is 0 Å². The third-order valence-electron chi connectivity index (χ3n) is 4.08. The molecule has 1 aromatic carbocycles. The van der Waals surface area contributed by atoms with Crippen LogP contribution in [0.3, 0.4) is 0 Å². The predicted octanol–water partition coefficient (Wildman–Crippen LogP) is 4.86. The minimum atomic E-state index is -0.124. The largest absolute Gasteiger partial charge is 0.494 e. The SMILES string of the molecule is CCCCCNC1CC(C)(C)Oc2ccc(OCCC)cc21. The molecule has 0 bridgehead atoms. The van der Waals surface area contributed by atoms with Gasteiger partial charge in [0, 0.05) is 18.0 Å². The molecule has 1 aliphatic rings. The highest BCUT2D eigenvalue weighted by molar-refractivity contribution is 5.44. The quantitative estimate of drug-likeness (QED) is 0.696. The molecule has 1 aromatic rings. The lowest BCUT2D eigenvalue weighted by atomic mass is 9.89. The van der Waals surface area contributed by atoms with Gasteiger partial charge in [-0.25, -0.2) is 0 Å². The molecular formula is C19H31NO2. The Balaban J connectivity index is 2.12. The summed E-state index contributed by atoms with van der Waals surface area (Å²) in [5, 5.41) is 3.72. The molecule has 0 saturated heterocycles. The molecule has 3 heteroatoms. The highest BCUT2D eigenvalue weighted by atomic mass is 16.5. The summed E-state index contributed by atoms with van der Waals surface area (Å²) in [5.74, 6) is 1.94. The molecule has 1 N–H and O–H groups in total. The highest BCUT2D eigenvalue weighted by Gasteiger charge is 2.33. The van der Waals surface area contributed by atoms with E-state index in [1.165, 1.54) is 24.8 Å². The normalized spacial score (nSPS) is 19.4. The third-order valence-corrected chi connectivity index (χ3v) is 4.08. The molecule has 0 fully saturated rings. The number of benzene rings is 1. The fourth-order valence-corrected chi connectivity index (χ4v) is 2.98. The summed E-state index contributed by atoms with van der Waals surface area (Å²) in [4.78, 5) is 0. The Labute approximate surface area is 135 Å². The summed E-state index contributed by atoms with van der Waals surface area (Å²) in [6.45, 7) is 10.5. The van der Waals surface area contributed by atoms with E-state index in [0.29, 0.717) is 6.04 Å². The standard InChI is InChI=1S/C19H31NO2/c1-5-7-8-11-20-17-14-19(3,4)22-18-10-9-15(13-16(17)18)21-12-6-2/h9-10,13,17,20H,5-8,11-12,14H2,1-4H3. The van der Waals surface area contributed by atoms with E-state index in [4.69, 9.17) is 9.47 Å². The summed E-state index contributed by atoms with van der Waals surface area (Å²) in [5.41, 5.74) is 1.12. The molecule has 0 aromatic heterocycles. The van der Waals surface area contributed by atoms with E-state index in [1.54, 1.807) is 0 Å². The zero-order valence-corrected chi connectivity index (χ0v) is 14.6. The number of fused-ring (bicyclic) bond motifs is 1. The maximum absolute atomic E-state index is 6.14. The summed E-state index contributed by atoms with van der Waals surface area (Å²) >= 11 is 0. The molecule has 0 amide bonds. The smallest absolute Gasteiger partial charge is 0.125 e. The molecule has 1 atom stereocenters. The Morgan fingerprint density at radius 2 is 2.05 bits per heavy atom. The van der Waals surface area contributed by atoms with E-state index < -0.39 is 0 Å². The molecule has 1 unspecified atom stereocenters. The maximum Gasteiger partial charge on any atom is 0.125 e. The third kappa shape index (κ3) is 4.64. The van der Waals surface area contributed by atoms with Crippen LogP contribution in [0.1, 0.15) is 71.4 Å². The first-order valence-electron chi connectivity index (χ1n) is 8.75. The van der Waals surface area contributed by atoms with Crippen LogP contribution in [-0.4, -0.2) is 18.8 Å². The second-order valence-corrected chi connectivity index (χ2v) is 6.83. The van der Waals surface area contributed by atoms with Crippen molar-refractivity contribution in [1.29, 1.82) is 0 Å². The summed E-state index contributed by atoms with van der Waals surface area (Å²) < 4.78 is 11.9. The van der Waals surface area contributed by atoms with E-state index in [1.807, 2.05) is 6.07 Å². The Morgan fingerprint density at radius 3 is 2.77 bits per heavy atom. The van der Waals surface area contributed by atoms with Gasteiger partial charge < -0.3 is 14.8 Å². The van der Waals surface area contributed by atoms with Crippen molar-refractivity contribution in [1.82, 2.24) is 5.32 Å². The molecule has 0 saturated carbocycles. The van der Waals surface area contributed by atoms with Crippen LogP contribution in [0, 0.1) is 0 Å². The molecule has 2 rings (SSSR count). The van der Waals surface area contributed by atoms with E-state index in [2.05, 4.69) is 45.1 Å². The van der Waals surface area contributed by atoms with Crippen LogP contribution in [0.15, 0.2) is 18.2 Å². The summed E-state index contributed by atoms with van der Waals surface area (Å²) in [6, 6.07) is 6.57. The lowest BCUT2D eigenvalue weighted by Crippen LogP contribution is -2.39. The van der Waals surface area contributed by atoms with Crippen LogP contribution >= 0.6 is 0 Å². The van der Waals surface area contributed by atoms with Gasteiger partial charge in [-0.2, -0.15) is 0 Å². The van der Waals surface area contributed by atoms with Crippen LogP contribution < -0.4 is 14.8 Å². The zero-order valence-electron chi connectivity index (χ0n) is 14.6. The number of unbranched alkanes of at least 4 members (excludes halogenated alkanes) is 2. The molecule has 0 radical (unpaired) electrons. The lowest BCUT2D eigenvalue weighted by Gasteiger charge is -2.38. The molecule has 124 valence electrons. The fraction of sp³-hybridized carbons (Fsp3) is 0.684. The summed E-state index contributed by atoms with van der Waals surface area (Å²) in [7, 11) is 0. The van der Waals surface area contributed by atoms with Gasteiger partial charge >= 0.3 is 0 Å². The van der Waals surface area contributed by atoms with Gasteiger partial charge in [0.05, 0.1) is 6.61 Å². The molecular weight excluding hydrogens is 274 g/mol. The highest BCUT2D eigenvalue weighted by Crippen LogP contribution is 2.41. The second kappa shape index (κ2) is 7.87. The van der Waals surface area contributed by atoms with Gasteiger partial charge in [-0.3, -0.25) is 0 Å². The molecule has 1 heterocycles.